The summed E-state index contributed by atoms with van der Waals surface area (Å²) in [4.78, 5) is 2.54. The molecule has 0 radical (unpaired) electrons. The van der Waals surface area contributed by atoms with Crippen LogP contribution in [0.4, 0.5) is 0 Å². The zero-order chi connectivity index (χ0) is 8.65. The highest BCUT2D eigenvalue weighted by Gasteiger charge is 2.08. The lowest BCUT2D eigenvalue weighted by Gasteiger charge is -2.25. The maximum atomic E-state index is 8.59. The average molecular weight is 189 g/mol. The van der Waals surface area contributed by atoms with Gasteiger partial charge in [0.1, 0.15) is 0 Å². The number of hydrogen-bond donors (Lipinski definition) is 1. The van der Waals surface area contributed by atoms with Crippen LogP contribution in [0.5, 0.6) is 0 Å². The van der Waals surface area contributed by atoms with Gasteiger partial charge < -0.3 is 10.0 Å². The van der Waals surface area contributed by atoms with Gasteiger partial charge in [0.2, 0.25) is 0 Å². The molecule has 1 N–H and O–H groups in total. The Balaban J connectivity index is 1.91. The van der Waals surface area contributed by atoms with Gasteiger partial charge in [-0.05, 0) is 25.8 Å². The highest BCUT2D eigenvalue weighted by molar-refractivity contribution is 7.99. The number of nitrogens with zero attached hydrogens (tertiary/aromatic N) is 1. The molecule has 0 bridgehead atoms. The Morgan fingerprint density at radius 3 is 2.50 bits per heavy atom. The molecule has 0 aromatic carbocycles. The fourth-order valence-corrected chi connectivity index (χ4v) is 2.43. The van der Waals surface area contributed by atoms with Crippen molar-refractivity contribution in [2.45, 2.75) is 19.3 Å². The topological polar surface area (TPSA) is 23.5 Å². The summed E-state index contributed by atoms with van der Waals surface area (Å²) in [6.45, 7) is 4.13. The van der Waals surface area contributed by atoms with Crippen molar-refractivity contribution in [2.75, 3.05) is 37.7 Å². The van der Waals surface area contributed by atoms with E-state index in [0.29, 0.717) is 6.61 Å². The van der Waals surface area contributed by atoms with Crippen molar-refractivity contribution in [3.63, 3.8) is 0 Å². The third-order valence-corrected chi connectivity index (χ3v) is 3.18. The van der Waals surface area contributed by atoms with E-state index in [-0.39, 0.29) is 0 Å². The minimum absolute atomic E-state index is 0.357. The second kappa shape index (κ2) is 6.75. The molecule has 0 saturated carbocycles. The van der Waals surface area contributed by atoms with E-state index in [1.54, 1.807) is 0 Å². The predicted octanol–water partition coefficient (Wildman–Crippen LogP) is 1.20. The first kappa shape index (κ1) is 10.4. The van der Waals surface area contributed by atoms with Crippen LogP contribution in [0, 0.1) is 0 Å². The zero-order valence-electron chi connectivity index (χ0n) is 7.67. The van der Waals surface area contributed by atoms with Crippen molar-refractivity contribution in [3.8, 4) is 0 Å². The Morgan fingerprint density at radius 1 is 1.08 bits per heavy atom. The number of rotatable bonds is 5. The number of thioether (sulfide) groups is 1. The van der Waals surface area contributed by atoms with Crippen molar-refractivity contribution < 1.29 is 5.11 Å². The summed E-state index contributed by atoms with van der Waals surface area (Å²) in [5.74, 6) is 2.61. The molecule has 0 aliphatic carbocycles. The second-order valence-corrected chi connectivity index (χ2v) is 4.46. The molecule has 1 saturated heterocycles. The zero-order valence-corrected chi connectivity index (χ0v) is 8.48. The molecule has 1 aliphatic heterocycles. The lowest BCUT2D eigenvalue weighted by atomic mass is 10.2. The Bertz CT molecular complexity index is 105. The van der Waals surface area contributed by atoms with Gasteiger partial charge in [-0.15, -0.1) is 0 Å². The van der Waals surface area contributed by atoms with E-state index in [0.717, 1.165) is 6.42 Å². The van der Waals surface area contributed by atoms with Gasteiger partial charge in [0.25, 0.3) is 0 Å². The molecule has 1 fully saturated rings. The van der Waals surface area contributed by atoms with E-state index in [1.165, 1.54) is 44.0 Å². The SMILES string of the molecule is OCCCCCN1CCSCC1. The summed E-state index contributed by atoms with van der Waals surface area (Å²) in [6.07, 6.45) is 3.41. The second-order valence-electron chi connectivity index (χ2n) is 3.24. The van der Waals surface area contributed by atoms with Gasteiger partial charge in [0.15, 0.2) is 0 Å². The summed E-state index contributed by atoms with van der Waals surface area (Å²) in [7, 11) is 0. The first-order chi connectivity index (χ1) is 5.93. The van der Waals surface area contributed by atoms with Crippen LogP contribution in [0.1, 0.15) is 19.3 Å². The number of unbranched alkanes of at least 4 members (excludes halogenated alkanes) is 2. The highest BCUT2D eigenvalue weighted by Crippen LogP contribution is 2.09. The minimum atomic E-state index is 0.357. The van der Waals surface area contributed by atoms with Crippen LogP contribution in [0.2, 0.25) is 0 Å². The van der Waals surface area contributed by atoms with E-state index in [9.17, 15) is 0 Å². The average Bonchev–Trinajstić information content (AvgIpc) is 2.14. The molecular weight excluding hydrogens is 170 g/mol. The summed E-state index contributed by atoms with van der Waals surface area (Å²) >= 11 is 2.06. The predicted molar refractivity (Wildman–Crippen MR) is 54.7 cm³/mol. The van der Waals surface area contributed by atoms with E-state index < -0.39 is 0 Å². The van der Waals surface area contributed by atoms with Crippen molar-refractivity contribution in [1.29, 1.82) is 0 Å². The largest absolute Gasteiger partial charge is 0.396 e. The third kappa shape index (κ3) is 4.33. The van der Waals surface area contributed by atoms with Gasteiger partial charge in [-0.3, -0.25) is 0 Å². The van der Waals surface area contributed by atoms with Crippen LogP contribution >= 0.6 is 11.8 Å². The molecule has 0 atom stereocenters. The first-order valence-corrected chi connectivity index (χ1v) is 6.00. The number of hydrogen-bond acceptors (Lipinski definition) is 3. The normalized spacial score (nSPS) is 19.8. The minimum Gasteiger partial charge on any atom is -0.396 e. The molecule has 0 spiro atoms. The molecule has 0 amide bonds. The maximum absolute atomic E-state index is 8.59. The van der Waals surface area contributed by atoms with Crippen LogP contribution < -0.4 is 0 Å². The molecule has 1 heterocycles. The molecule has 72 valence electrons. The monoisotopic (exact) mass is 189 g/mol. The maximum Gasteiger partial charge on any atom is 0.0431 e. The Labute approximate surface area is 79.3 Å². The quantitative estimate of drug-likeness (QED) is 0.657. The molecule has 1 rings (SSSR count). The lowest BCUT2D eigenvalue weighted by molar-refractivity contribution is 0.265. The Morgan fingerprint density at radius 2 is 1.83 bits per heavy atom. The standard InChI is InChI=1S/C9H19NOS/c11-7-3-1-2-4-10-5-8-12-9-6-10/h11H,1-9H2. The first-order valence-electron chi connectivity index (χ1n) is 4.84. The molecule has 1 aliphatic rings. The van der Waals surface area contributed by atoms with E-state index in [2.05, 4.69) is 16.7 Å². The Kier molecular flexibility index (Phi) is 5.82. The molecule has 0 aromatic rings. The van der Waals surface area contributed by atoms with Gasteiger partial charge in [-0.1, -0.05) is 0 Å². The smallest absolute Gasteiger partial charge is 0.0431 e. The summed E-state index contributed by atoms with van der Waals surface area (Å²) in [6, 6.07) is 0. The molecular formula is C9H19NOS. The lowest BCUT2D eigenvalue weighted by Crippen LogP contribution is -2.33. The highest BCUT2D eigenvalue weighted by atomic mass is 32.2. The van der Waals surface area contributed by atoms with Crippen molar-refractivity contribution in [3.05, 3.63) is 0 Å². The van der Waals surface area contributed by atoms with E-state index >= 15 is 0 Å². The molecule has 0 aromatic heterocycles. The molecule has 0 unspecified atom stereocenters. The van der Waals surface area contributed by atoms with Gasteiger partial charge in [-0.25, -0.2) is 0 Å². The van der Waals surface area contributed by atoms with E-state index in [4.69, 9.17) is 5.11 Å². The van der Waals surface area contributed by atoms with Gasteiger partial charge in [-0.2, -0.15) is 11.8 Å². The third-order valence-electron chi connectivity index (χ3n) is 2.24. The van der Waals surface area contributed by atoms with E-state index in [1.807, 2.05) is 0 Å². The van der Waals surface area contributed by atoms with Crippen molar-refractivity contribution >= 4 is 11.8 Å². The van der Waals surface area contributed by atoms with Gasteiger partial charge in [0.05, 0.1) is 0 Å². The van der Waals surface area contributed by atoms with Crippen LogP contribution in [0.15, 0.2) is 0 Å². The Hall–Kier alpha value is 0.270. The van der Waals surface area contributed by atoms with Gasteiger partial charge in [0, 0.05) is 31.2 Å². The van der Waals surface area contributed by atoms with Crippen LogP contribution in [0.3, 0.4) is 0 Å². The molecule has 3 heteroatoms. The fourth-order valence-electron chi connectivity index (χ4n) is 1.45. The fraction of sp³-hybridized carbons (Fsp3) is 1.00. The van der Waals surface area contributed by atoms with Crippen molar-refractivity contribution in [1.82, 2.24) is 4.90 Å². The summed E-state index contributed by atoms with van der Waals surface area (Å²) in [5, 5.41) is 8.59. The molecule has 12 heavy (non-hydrogen) atoms. The number of aliphatic hydroxyl groups excluding tert-OH is 1. The van der Waals surface area contributed by atoms with Crippen molar-refractivity contribution in [2.24, 2.45) is 0 Å². The summed E-state index contributed by atoms with van der Waals surface area (Å²) in [5.41, 5.74) is 0. The van der Waals surface area contributed by atoms with Crippen LogP contribution in [0.25, 0.3) is 0 Å². The van der Waals surface area contributed by atoms with Gasteiger partial charge >= 0.3 is 0 Å². The summed E-state index contributed by atoms with van der Waals surface area (Å²) < 4.78 is 0. The van der Waals surface area contributed by atoms with Crippen LogP contribution in [-0.2, 0) is 0 Å². The number of aliphatic hydroxyl groups is 1. The van der Waals surface area contributed by atoms with Crippen LogP contribution in [-0.4, -0.2) is 47.8 Å². The molecule has 2 nitrogen and oxygen atoms in total.